The van der Waals surface area contributed by atoms with Crippen LogP contribution in [0.25, 0.3) is 93.5 Å². The van der Waals surface area contributed by atoms with Crippen molar-refractivity contribution in [1.29, 1.82) is 0 Å². The summed E-state index contributed by atoms with van der Waals surface area (Å²) in [6, 6.07) is 61.5. The fraction of sp³-hybridized carbons (Fsp3) is 0. The number of hydrogen-bond donors (Lipinski definition) is 0. The van der Waals surface area contributed by atoms with E-state index >= 15 is 0 Å². The summed E-state index contributed by atoms with van der Waals surface area (Å²) in [5.41, 5.74) is 9.06. The lowest BCUT2D eigenvalue weighted by molar-refractivity contribution is 1.10. The number of rotatable bonds is 4. The molecule has 0 saturated heterocycles. The van der Waals surface area contributed by atoms with Gasteiger partial charge in [0.1, 0.15) is 5.82 Å². The Kier molecular flexibility index (Phi) is 5.61. The maximum Gasteiger partial charge on any atom is 0.145 e. The predicted octanol–water partition coefficient (Wildman–Crippen LogP) is 12.1. The second-order valence-electron chi connectivity index (χ2n) is 12.4. The van der Waals surface area contributed by atoms with E-state index in [9.17, 15) is 0 Å². The van der Waals surface area contributed by atoms with Crippen LogP contribution in [0.5, 0.6) is 0 Å². The Morgan fingerprint density at radius 3 is 1.85 bits per heavy atom. The van der Waals surface area contributed by atoms with E-state index in [1.807, 2.05) is 0 Å². The first kappa shape index (κ1) is 26.0. The third-order valence-corrected chi connectivity index (χ3v) is 9.73. The molecule has 0 saturated carbocycles. The Labute approximate surface area is 272 Å². The molecule has 0 atom stereocenters. The quantitative estimate of drug-likeness (QED) is 0.185. The van der Waals surface area contributed by atoms with Crippen LogP contribution in [0.15, 0.2) is 170 Å². The van der Waals surface area contributed by atoms with Gasteiger partial charge in [0.25, 0.3) is 0 Å². The SMILES string of the molecule is c1ccc(-c2nc3cc(-c4ccc5ccc6cccc7ccc4c5c67)ccc3n2-c2ccc(-c3ccc4ccccc4c3)cc2)cc1. The molecule has 0 aliphatic heterocycles. The van der Waals surface area contributed by atoms with Crippen LogP contribution in [-0.2, 0) is 0 Å². The minimum atomic E-state index is 0.937. The third-order valence-electron chi connectivity index (χ3n) is 9.73. The van der Waals surface area contributed by atoms with Crippen molar-refractivity contribution in [2.75, 3.05) is 0 Å². The van der Waals surface area contributed by atoms with Gasteiger partial charge in [0.15, 0.2) is 0 Å². The molecule has 0 amide bonds. The van der Waals surface area contributed by atoms with Crippen LogP contribution < -0.4 is 0 Å². The van der Waals surface area contributed by atoms with Gasteiger partial charge in [0.05, 0.1) is 11.0 Å². The lowest BCUT2D eigenvalue weighted by atomic mass is 9.90. The van der Waals surface area contributed by atoms with Crippen LogP contribution in [-0.4, -0.2) is 9.55 Å². The summed E-state index contributed by atoms with van der Waals surface area (Å²) in [5.74, 6) is 0.937. The first-order chi connectivity index (χ1) is 23.3. The zero-order chi connectivity index (χ0) is 30.9. The van der Waals surface area contributed by atoms with Gasteiger partial charge in [0.2, 0.25) is 0 Å². The first-order valence-corrected chi connectivity index (χ1v) is 16.1. The van der Waals surface area contributed by atoms with Crippen molar-refractivity contribution >= 4 is 54.1 Å². The van der Waals surface area contributed by atoms with E-state index in [0.717, 1.165) is 28.1 Å². The van der Waals surface area contributed by atoms with Crippen molar-refractivity contribution in [2.45, 2.75) is 0 Å². The molecule has 0 aliphatic carbocycles. The topological polar surface area (TPSA) is 17.8 Å². The molecule has 0 N–H and O–H groups in total. The molecule has 0 fully saturated rings. The number of imidazole rings is 1. The van der Waals surface area contributed by atoms with Gasteiger partial charge in [-0.1, -0.05) is 140 Å². The molecular weight excluding hydrogens is 569 g/mol. The normalized spacial score (nSPS) is 11.8. The molecule has 47 heavy (non-hydrogen) atoms. The van der Waals surface area contributed by atoms with Crippen molar-refractivity contribution in [2.24, 2.45) is 0 Å². The highest BCUT2D eigenvalue weighted by atomic mass is 15.1. The monoisotopic (exact) mass is 596 g/mol. The molecular formula is C45H28N2. The second kappa shape index (κ2) is 10.1. The van der Waals surface area contributed by atoms with Crippen molar-refractivity contribution in [3.05, 3.63) is 170 Å². The van der Waals surface area contributed by atoms with Crippen molar-refractivity contribution in [1.82, 2.24) is 9.55 Å². The average Bonchev–Trinajstić information content (AvgIpc) is 3.53. The van der Waals surface area contributed by atoms with E-state index in [1.54, 1.807) is 0 Å². The summed E-state index contributed by atoms with van der Waals surface area (Å²) in [5, 5.41) is 10.3. The molecule has 1 heterocycles. The van der Waals surface area contributed by atoms with E-state index in [0.29, 0.717) is 0 Å². The largest absolute Gasteiger partial charge is 0.292 e. The summed E-state index contributed by atoms with van der Waals surface area (Å²) in [6.07, 6.45) is 0. The Morgan fingerprint density at radius 2 is 1.02 bits per heavy atom. The molecule has 1 aromatic heterocycles. The van der Waals surface area contributed by atoms with E-state index in [2.05, 4.69) is 174 Å². The number of nitrogens with zero attached hydrogens (tertiary/aromatic N) is 2. The predicted molar refractivity (Wildman–Crippen MR) is 199 cm³/mol. The van der Waals surface area contributed by atoms with Crippen LogP contribution in [0.2, 0.25) is 0 Å². The van der Waals surface area contributed by atoms with Crippen LogP contribution >= 0.6 is 0 Å². The maximum absolute atomic E-state index is 5.28. The third kappa shape index (κ3) is 4.09. The molecule has 0 unspecified atom stereocenters. The summed E-state index contributed by atoms with van der Waals surface area (Å²) in [6.45, 7) is 0. The van der Waals surface area contributed by atoms with Gasteiger partial charge < -0.3 is 0 Å². The number of hydrogen-bond acceptors (Lipinski definition) is 1. The summed E-state index contributed by atoms with van der Waals surface area (Å²) >= 11 is 0. The fourth-order valence-electron chi connectivity index (χ4n) is 7.45. The number of aromatic nitrogens is 2. The number of benzene rings is 9. The molecule has 10 aromatic rings. The highest BCUT2D eigenvalue weighted by molar-refractivity contribution is 6.25. The molecule has 10 rings (SSSR count). The van der Waals surface area contributed by atoms with Crippen molar-refractivity contribution in [3.8, 4) is 39.3 Å². The maximum atomic E-state index is 5.28. The smallest absolute Gasteiger partial charge is 0.145 e. The van der Waals surface area contributed by atoms with Crippen LogP contribution in [0.4, 0.5) is 0 Å². The minimum absolute atomic E-state index is 0.937. The average molecular weight is 597 g/mol. The zero-order valence-corrected chi connectivity index (χ0v) is 25.6. The Morgan fingerprint density at radius 1 is 0.383 bits per heavy atom. The van der Waals surface area contributed by atoms with E-state index in [1.165, 1.54) is 65.3 Å². The lowest BCUT2D eigenvalue weighted by Gasteiger charge is -2.14. The van der Waals surface area contributed by atoms with Gasteiger partial charge >= 0.3 is 0 Å². The summed E-state index contributed by atoms with van der Waals surface area (Å²) in [7, 11) is 0. The molecule has 0 spiro atoms. The molecule has 2 nitrogen and oxygen atoms in total. The zero-order valence-electron chi connectivity index (χ0n) is 25.6. The molecule has 0 bridgehead atoms. The van der Waals surface area contributed by atoms with Gasteiger partial charge in [-0.05, 0) is 95.7 Å². The van der Waals surface area contributed by atoms with E-state index in [-0.39, 0.29) is 0 Å². The van der Waals surface area contributed by atoms with Crippen molar-refractivity contribution in [3.63, 3.8) is 0 Å². The lowest BCUT2D eigenvalue weighted by Crippen LogP contribution is -1.97. The van der Waals surface area contributed by atoms with E-state index in [4.69, 9.17) is 4.98 Å². The molecule has 0 aliphatic rings. The Hall–Kier alpha value is -6.25. The minimum Gasteiger partial charge on any atom is -0.292 e. The van der Waals surface area contributed by atoms with Crippen LogP contribution in [0, 0.1) is 0 Å². The first-order valence-electron chi connectivity index (χ1n) is 16.1. The molecule has 0 radical (unpaired) electrons. The van der Waals surface area contributed by atoms with Gasteiger partial charge in [-0.2, -0.15) is 0 Å². The van der Waals surface area contributed by atoms with E-state index < -0.39 is 0 Å². The second-order valence-corrected chi connectivity index (χ2v) is 12.4. The van der Waals surface area contributed by atoms with Crippen molar-refractivity contribution < 1.29 is 0 Å². The fourth-order valence-corrected chi connectivity index (χ4v) is 7.45. The summed E-state index contributed by atoms with van der Waals surface area (Å²) in [4.78, 5) is 5.28. The standard InChI is InChI=1S/C45H28N2/c1-2-8-34(9-3-1)45-46-41-28-37(39-24-19-33-15-14-31-11-6-12-32-20-25-40(39)44(33)43(31)32)21-26-42(41)47(45)38-22-17-30(18-23-38)36-16-13-29-7-4-5-10-35(29)27-36/h1-28H. The molecule has 218 valence electrons. The van der Waals surface area contributed by atoms with Crippen LogP contribution in [0.1, 0.15) is 0 Å². The van der Waals surface area contributed by atoms with Crippen LogP contribution in [0.3, 0.4) is 0 Å². The highest BCUT2D eigenvalue weighted by Gasteiger charge is 2.17. The number of fused-ring (bicyclic) bond motifs is 2. The molecule has 2 heteroatoms. The van der Waals surface area contributed by atoms with Gasteiger partial charge in [-0.25, -0.2) is 4.98 Å². The van der Waals surface area contributed by atoms with Gasteiger partial charge in [0, 0.05) is 11.3 Å². The van der Waals surface area contributed by atoms with Gasteiger partial charge in [-0.3, -0.25) is 4.57 Å². The van der Waals surface area contributed by atoms with Gasteiger partial charge in [-0.15, -0.1) is 0 Å². The Bertz CT molecular complexity index is 2760. The highest BCUT2D eigenvalue weighted by Crippen LogP contribution is 2.40. The molecule has 9 aromatic carbocycles. The Balaban J connectivity index is 1.13. The summed E-state index contributed by atoms with van der Waals surface area (Å²) < 4.78 is 2.29.